The summed E-state index contributed by atoms with van der Waals surface area (Å²) in [5, 5.41) is 3.41. The predicted octanol–water partition coefficient (Wildman–Crippen LogP) is 5.77. The molecule has 176 valence electrons. The number of nitrogens with zero attached hydrogens (tertiary/aromatic N) is 2. The van der Waals surface area contributed by atoms with Crippen molar-refractivity contribution in [2.75, 3.05) is 11.9 Å². The Hall–Kier alpha value is -3.45. The highest BCUT2D eigenvalue weighted by Crippen LogP contribution is 2.36. The number of anilines is 1. The zero-order valence-corrected chi connectivity index (χ0v) is 21.0. The number of rotatable bonds is 6. The van der Waals surface area contributed by atoms with E-state index in [1.807, 2.05) is 62.4 Å². The van der Waals surface area contributed by atoms with E-state index in [9.17, 15) is 9.59 Å². The average Bonchev–Trinajstić information content (AvgIpc) is 3.13. The van der Waals surface area contributed by atoms with Gasteiger partial charge in [-0.3, -0.25) is 14.2 Å². The number of benzene rings is 2. The third-order valence-electron chi connectivity index (χ3n) is 5.66. The smallest absolute Gasteiger partial charge is 0.263 e. The first kappa shape index (κ1) is 23.7. The second kappa shape index (κ2) is 9.43. The van der Waals surface area contributed by atoms with E-state index in [-0.39, 0.29) is 23.4 Å². The molecule has 2 aromatic carbocycles. The maximum Gasteiger partial charge on any atom is 0.263 e. The quantitative estimate of drug-likeness (QED) is 0.384. The van der Waals surface area contributed by atoms with Gasteiger partial charge >= 0.3 is 0 Å². The van der Waals surface area contributed by atoms with Crippen LogP contribution in [0.3, 0.4) is 0 Å². The van der Waals surface area contributed by atoms with Gasteiger partial charge in [0.05, 0.1) is 18.3 Å². The molecule has 0 aliphatic carbocycles. The van der Waals surface area contributed by atoms with Gasteiger partial charge in [0.1, 0.15) is 17.1 Å². The lowest BCUT2D eigenvalue weighted by molar-refractivity contribution is -0.116. The van der Waals surface area contributed by atoms with Crippen LogP contribution in [-0.4, -0.2) is 22.1 Å². The maximum atomic E-state index is 13.4. The van der Waals surface area contributed by atoms with Crippen molar-refractivity contribution < 1.29 is 9.53 Å². The molecular weight excluding hydrogens is 446 g/mol. The summed E-state index contributed by atoms with van der Waals surface area (Å²) in [5.41, 5.74) is 3.47. The molecule has 1 N–H and O–H groups in total. The monoisotopic (exact) mass is 475 g/mol. The van der Waals surface area contributed by atoms with Gasteiger partial charge in [0.2, 0.25) is 5.91 Å². The Kier molecular flexibility index (Phi) is 6.57. The van der Waals surface area contributed by atoms with E-state index in [0.717, 1.165) is 21.8 Å². The van der Waals surface area contributed by atoms with Crippen molar-refractivity contribution in [3.8, 4) is 16.9 Å². The van der Waals surface area contributed by atoms with Crippen molar-refractivity contribution in [2.24, 2.45) is 0 Å². The molecule has 0 saturated carbocycles. The van der Waals surface area contributed by atoms with Crippen LogP contribution in [0, 0.1) is 6.92 Å². The van der Waals surface area contributed by atoms with Crippen LogP contribution in [0.5, 0.6) is 5.75 Å². The molecule has 0 atom stereocenters. The van der Waals surface area contributed by atoms with Crippen molar-refractivity contribution in [1.82, 2.24) is 9.55 Å². The second-order valence-corrected chi connectivity index (χ2v) is 10.4. The minimum atomic E-state index is -0.277. The molecule has 7 heteroatoms. The molecule has 4 aromatic rings. The highest BCUT2D eigenvalue weighted by molar-refractivity contribution is 7.19. The van der Waals surface area contributed by atoms with Crippen LogP contribution >= 0.6 is 11.3 Å². The Bertz CT molecular complexity index is 1380. The van der Waals surface area contributed by atoms with E-state index >= 15 is 0 Å². The number of carbonyl (C=O) groups excluding carboxylic acids is 1. The molecule has 4 rings (SSSR count). The van der Waals surface area contributed by atoms with E-state index in [2.05, 4.69) is 31.1 Å². The number of carbonyl (C=O) groups is 1. The third kappa shape index (κ3) is 4.89. The zero-order chi connectivity index (χ0) is 24.5. The Morgan fingerprint density at radius 1 is 1.09 bits per heavy atom. The molecule has 0 radical (unpaired) electrons. The number of thiophene rings is 1. The Balaban J connectivity index is 1.60. The van der Waals surface area contributed by atoms with Crippen LogP contribution in [0.15, 0.2) is 59.7 Å². The Morgan fingerprint density at radius 3 is 2.38 bits per heavy atom. The molecule has 2 aromatic heterocycles. The fraction of sp³-hybridized carbons (Fsp3) is 0.296. The molecule has 0 saturated heterocycles. The van der Waals surface area contributed by atoms with E-state index in [1.54, 1.807) is 0 Å². The summed E-state index contributed by atoms with van der Waals surface area (Å²) in [6, 6.07) is 15.5. The summed E-state index contributed by atoms with van der Waals surface area (Å²) >= 11 is 1.48. The summed E-state index contributed by atoms with van der Waals surface area (Å²) in [4.78, 5) is 32.2. The number of ether oxygens (including phenoxy) is 1. The van der Waals surface area contributed by atoms with E-state index in [1.165, 1.54) is 27.8 Å². The molecular formula is C27H29N3O3S. The Labute approximate surface area is 203 Å². The molecule has 0 spiro atoms. The fourth-order valence-corrected chi connectivity index (χ4v) is 4.89. The minimum Gasteiger partial charge on any atom is -0.494 e. The summed E-state index contributed by atoms with van der Waals surface area (Å²) < 4.78 is 6.90. The summed E-state index contributed by atoms with van der Waals surface area (Å²) in [5.74, 6) is 0.507. The van der Waals surface area contributed by atoms with Crippen molar-refractivity contribution in [3.05, 3.63) is 75.7 Å². The lowest BCUT2D eigenvalue weighted by Gasteiger charge is -2.19. The standard InChI is InChI=1S/C27H29N3O3S/c1-6-33-21-13-7-18(8-14-21)23-17(2)34-25-24(23)26(32)30(16-28-25)15-22(31)29-20-11-9-19(10-12-20)27(3,4)5/h7-14,16H,6,15H2,1-5H3,(H,29,31). The number of amides is 1. The summed E-state index contributed by atoms with van der Waals surface area (Å²) in [7, 11) is 0. The molecule has 0 aliphatic rings. The first-order valence-corrected chi connectivity index (χ1v) is 12.1. The maximum absolute atomic E-state index is 13.4. The normalized spacial score (nSPS) is 11.6. The number of hydrogen-bond donors (Lipinski definition) is 1. The van der Waals surface area contributed by atoms with Gasteiger partial charge in [-0.25, -0.2) is 4.98 Å². The highest BCUT2D eigenvalue weighted by Gasteiger charge is 2.18. The lowest BCUT2D eigenvalue weighted by Crippen LogP contribution is -2.27. The van der Waals surface area contributed by atoms with Gasteiger partial charge in [-0.2, -0.15) is 0 Å². The van der Waals surface area contributed by atoms with Gasteiger partial charge in [-0.15, -0.1) is 11.3 Å². The number of fused-ring (bicyclic) bond motifs is 1. The van der Waals surface area contributed by atoms with Crippen LogP contribution in [0.2, 0.25) is 0 Å². The van der Waals surface area contributed by atoms with Gasteiger partial charge in [0, 0.05) is 16.1 Å². The van der Waals surface area contributed by atoms with E-state index in [0.29, 0.717) is 22.5 Å². The minimum absolute atomic E-state index is 0.0383. The van der Waals surface area contributed by atoms with Crippen LogP contribution in [0.1, 0.15) is 38.1 Å². The zero-order valence-electron chi connectivity index (χ0n) is 20.1. The van der Waals surface area contributed by atoms with Gasteiger partial charge in [-0.1, -0.05) is 45.0 Å². The molecule has 2 heterocycles. The lowest BCUT2D eigenvalue weighted by atomic mass is 9.87. The van der Waals surface area contributed by atoms with Gasteiger partial charge in [0.25, 0.3) is 5.56 Å². The van der Waals surface area contributed by atoms with Crippen molar-refractivity contribution in [1.29, 1.82) is 0 Å². The van der Waals surface area contributed by atoms with Crippen molar-refractivity contribution >= 4 is 33.1 Å². The molecule has 0 bridgehead atoms. The number of aromatic nitrogens is 2. The van der Waals surface area contributed by atoms with Gasteiger partial charge in [0.15, 0.2) is 0 Å². The molecule has 0 aliphatic heterocycles. The topological polar surface area (TPSA) is 73.2 Å². The fourth-order valence-electron chi connectivity index (χ4n) is 3.89. The Morgan fingerprint density at radius 2 is 1.76 bits per heavy atom. The van der Waals surface area contributed by atoms with Crippen molar-refractivity contribution in [2.45, 2.75) is 46.6 Å². The number of aryl methyl sites for hydroxylation is 1. The summed E-state index contributed by atoms with van der Waals surface area (Å²) in [6.45, 7) is 10.8. The van der Waals surface area contributed by atoms with Crippen LogP contribution in [0.25, 0.3) is 21.3 Å². The largest absolute Gasteiger partial charge is 0.494 e. The number of hydrogen-bond acceptors (Lipinski definition) is 5. The van der Waals surface area contributed by atoms with Crippen LogP contribution in [-0.2, 0) is 16.8 Å². The SMILES string of the molecule is CCOc1ccc(-c2c(C)sc3ncn(CC(=O)Nc4ccc(C(C)(C)C)cc4)c(=O)c23)cc1. The first-order valence-electron chi connectivity index (χ1n) is 11.3. The molecule has 0 unspecified atom stereocenters. The average molecular weight is 476 g/mol. The molecule has 34 heavy (non-hydrogen) atoms. The highest BCUT2D eigenvalue weighted by atomic mass is 32.1. The van der Waals surface area contributed by atoms with Crippen LogP contribution in [0.4, 0.5) is 5.69 Å². The molecule has 1 amide bonds. The molecule has 0 fully saturated rings. The molecule has 6 nitrogen and oxygen atoms in total. The van der Waals surface area contributed by atoms with Crippen LogP contribution < -0.4 is 15.6 Å². The van der Waals surface area contributed by atoms with E-state index in [4.69, 9.17) is 4.74 Å². The summed E-state index contributed by atoms with van der Waals surface area (Å²) in [6.07, 6.45) is 1.45. The third-order valence-corrected chi connectivity index (χ3v) is 6.67. The number of nitrogens with one attached hydrogen (secondary N) is 1. The predicted molar refractivity (Wildman–Crippen MR) is 139 cm³/mol. The van der Waals surface area contributed by atoms with E-state index < -0.39 is 0 Å². The second-order valence-electron chi connectivity index (χ2n) is 9.22. The first-order chi connectivity index (χ1) is 16.2. The van der Waals surface area contributed by atoms with Gasteiger partial charge in [-0.05, 0) is 54.7 Å². The van der Waals surface area contributed by atoms with Gasteiger partial charge < -0.3 is 10.1 Å². The van der Waals surface area contributed by atoms with Crippen molar-refractivity contribution in [3.63, 3.8) is 0 Å².